The molecule has 0 radical (unpaired) electrons. The molecule has 2 aliphatic rings. The highest BCUT2D eigenvalue weighted by Gasteiger charge is 2.35. The Labute approximate surface area is 225 Å². The fourth-order valence-corrected chi connectivity index (χ4v) is 4.08. The summed E-state index contributed by atoms with van der Waals surface area (Å²) in [5.74, 6) is -0.716. The summed E-state index contributed by atoms with van der Waals surface area (Å²) in [4.78, 5) is 48.8. The number of fused-ring (bicyclic) bond motifs is 2. The van der Waals surface area contributed by atoms with Crippen LogP contribution in [0.2, 0.25) is 0 Å². The summed E-state index contributed by atoms with van der Waals surface area (Å²) in [6.07, 6.45) is -4.30. The molecule has 0 aliphatic carbocycles. The van der Waals surface area contributed by atoms with E-state index in [0.717, 1.165) is 11.8 Å². The van der Waals surface area contributed by atoms with Gasteiger partial charge in [-0.25, -0.2) is 9.78 Å². The van der Waals surface area contributed by atoms with Gasteiger partial charge >= 0.3 is 18.2 Å². The second-order valence-corrected chi connectivity index (χ2v) is 10.4. The van der Waals surface area contributed by atoms with Gasteiger partial charge in [0.15, 0.2) is 0 Å². The van der Waals surface area contributed by atoms with E-state index in [1.54, 1.807) is 25.7 Å². The summed E-state index contributed by atoms with van der Waals surface area (Å²) in [6, 6.07) is 0.749. The van der Waals surface area contributed by atoms with Crippen molar-refractivity contribution in [2.24, 2.45) is 5.41 Å². The molecule has 5 rings (SSSR count). The molecule has 3 aromatic rings. The number of ether oxygens (including phenoxy) is 1. The molecule has 13 nitrogen and oxygen atoms in total. The maximum absolute atomic E-state index is 13.2. The van der Waals surface area contributed by atoms with Gasteiger partial charge in [-0.2, -0.15) is 13.2 Å². The quantitative estimate of drug-likeness (QED) is 0.487. The summed E-state index contributed by atoms with van der Waals surface area (Å²) < 4.78 is 50.6. The van der Waals surface area contributed by atoms with Crippen LogP contribution in [0.5, 0.6) is 0 Å². The van der Waals surface area contributed by atoms with Crippen molar-refractivity contribution in [2.75, 3.05) is 11.9 Å². The maximum atomic E-state index is 13.2. The molecule has 0 aromatic carbocycles. The molecular weight excluding hydrogens is 537 g/mol. The molecule has 3 aromatic heterocycles. The lowest BCUT2D eigenvalue weighted by Gasteiger charge is -2.24. The smallest absolute Gasteiger partial charge is 0.417 e. The number of carbonyl (C=O) groups is 3. The van der Waals surface area contributed by atoms with E-state index >= 15 is 0 Å². The standard InChI is InChI=1S/C24H25F3N8O5/c1-23(2,3)21(37)30-14-6-12(24(25,26)27)7-28-17(14)11-39-22(38)35-9-16-18(10-35)40-19(29-16)20(36)34-5-4-13-15(8-34)32-33-31-13/h6-7H,4-5,8-11H2,1-3H3,(H,30,37)(H,31,32,33). The number of nitrogens with one attached hydrogen (secondary N) is 2. The summed E-state index contributed by atoms with van der Waals surface area (Å²) in [5, 5.41) is 12.9. The fourth-order valence-electron chi connectivity index (χ4n) is 4.08. The molecule has 0 saturated carbocycles. The molecule has 40 heavy (non-hydrogen) atoms. The van der Waals surface area contributed by atoms with E-state index in [1.807, 2.05) is 0 Å². The van der Waals surface area contributed by atoms with Crippen molar-refractivity contribution in [3.05, 3.63) is 52.3 Å². The molecule has 0 unspecified atom stereocenters. The van der Waals surface area contributed by atoms with E-state index < -0.39 is 41.7 Å². The van der Waals surface area contributed by atoms with Gasteiger partial charge in [0.05, 0.1) is 36.6 Å². The zero-order valence-electron chi connectivity index (χ0n) is 21.8. The molecule has 2 N–H and O–H groups in total. The van der Waals surface area contributed by atoms with Gasteiger partial charge in [0.1, 0.15) is 29.4 Å². The predicted molar refractivity (Wildman–Crippen MR) is 128 cm³/mol. The Hall–Kier alpha value is -4.50. The lowest BCUT2D eigenvalue weighted by Crippen LogP contribution is -2.36. The fraction of sp³-hybridized carbons (Fsp3) is 0.458. The van der Waals surface area contributed by atoms with Gasteiger partial charge in [-0.15, -0.1) is 5.10 Å². The second-order valence-electron chi connectivity index (χ2n) is 10.4. The summed E-state index contributed by atoms with van der Waals surface area (Å²) >= 11 is 0. The molecule has 0 fully saturated rings. The number of pyridine rings is 1. The van der Waals surface area contributed by atoms with E-state index in [9.17, 15) is 27.6 Å². The Morgan fingerprint density at radius 2 is 1.88 bits per heavy atom. The number of alkyl halides is 3. The van der Waals surface area contributed by atoms with E-state index in [1.165, 1.54) is 4.90 Å². The summed E-state index contributed by atoms with van der Waals surface area (Å²) in [7, 11) is 0. The summed E-state index contributed by atoms with van der Waals surface area (Å²) in [6.45, 7) is 5.01. The maximum Gasteiger partial charge on any atom is 0.417 e. The van der Waals surface area contributed by atoms with Crippen LogP contribution < -0.4 is 5.32 Å². The minimum Gasteiger partial charge on any atom is -0.443 e. The Bertz CT molecular complexity index is 1450. The van der Waals surface area contributed by atoms with Gasteiger partial charge in [0, 0.05) is 24.6 Å². The van der Waals surface area contributed by atoms with Crippen LogP contribution in [-0.2, 0) is 48.4 Å². The number of hydrogen-bond acceptors (Lipinski definition) is 9. The van der Waals surface area contributed by atoms with Crippen molar-refractivity contribution >= 4 is 23.6 Å². The topological polar surface area (TPSA) is 159 Å². The van der Waals surface area contributed by atoms with Gasteiger partial charge in [-0.05, 0) is 6.07 Å². The van der Waals surface area contributed by atoms with Gasteiger partial charge < -0.3 is 19.4 Å². The first-order valence-electron chi connectivity index (χ1n) is 12.3. The number of halogens is 3. The molecule has 16 heteroatoms. The number of hydrogen-bond donors (Lipinski definition) is 2. The van der Waals surface area contributed by atoms with Crippen LogP contribution in [0.15, 0.2) is 16.7 Å². The molecule has 0 atom stereocenters. The van der Waals surface area contributed by atoms with Crippen molar-refractivity contribution in [1.82, 2.24) is 35.2 Å². The molecule has 0 saturated heterocycles. The molecule has 3 amide bonds. The lowest BCUT2D eigenvalue weighted by molar-refractivity contribution is -0.137. The van der Waals surface area contributed by atoms with Crippen LogP contribution in [0.3, 0.4) is 0 Å². The molecule has 2 aliphatic heterocycles. The first-order chi connectivity index (χ1) is 18.8. The van der Waals surface area contributed by atoms with Crippen molar-refractivity contribution in [2.45, 2.75) is 59.6 Å². The largest absolute Gasteiger partial charge is 0.443 e. The van der Waals surface area contributed by atoms with Gasteiger partial charge in [-0.1, -0.05) is 26.0 Å². The van der Waals surface area contributed by atoms with Crippen LogP contribution in [0, 0.1) is 5.41 Å². The van der Waals surface area contributed by atoms with Crippen LogP contribution in [0.4, 0.5) is 23.7 Å². The Kier molecular flexibility index (Phi) is 6.71. The predicted octanol–water partition coefficient (Wildman–Crippen LogP) is 3.04. The minimum absolute atomic E-state index is 0.00639. The highest BCUT2D eigenvalue weighted by Crippen LogP contribution is 2.32. The Balaban J connectivity index is 1.21. The number of nitrogens with zero attached hydrogens (tertiary/aromatic N) is 6. The van der Waals surface area contributed by atoms with Crippen LogP contribution in [-0.4, -0.2) is 59.6 Å². The van der Waals surface area contributed by atoms with Crippen molar-refractivity contribution in [3.8, 4) is 0 Å². The van der Waals surface area contributed by atoms with Crippen molar-refractivity contribution in [3.63, 3.8) is 0 Å². The van der Waals surface area contributed by atoms with Crippen LogP contribution >= 0.6 is 0 Å². The number of aromatic amines is 1. The zero-order valence-corrected chi connectivity index (χ0v) is 21.8. The molecule has 0 spiro atoms. The first-order valence-corrected chi connectivity index (χ1v) is 12.3. The molecule has 0 bridgehead atoms. The average molecular weight is 563 g/mol. The van der Waals surface area contributed by atoms with E-state index in [2.05, 4.69) is 30.7 Å². The highest BCUT2D eigenvalue weighted by molar-refractivity contribution is 5.95. The number of aromatic nitrogens is 5. The second kappa shape index (κ2) is 9.91. The number of H-pyrrole nitrogens is 1. The zero-order chi connectivity index (χ0) is 28.8. The van der Waals surface area contributed by atoms with Gasteiger partial charge in [0.25, 0.3) is 5.89 Å². The third kappa shape index (κ3) is 5.46. The minimum atomic E-state index is -4.68. The van der Waals surface area contributed by atoms with E-state index in [4.69, 9.17) is 9.15 Å². The van der Waals surface area contributed by atoms with Crippen LogP contribution in [0.25, 0.3) is 0 Å². The number of carbonyl (C=O) groups excluding carboxylic acids is 3. The average Bonchev–Trinajstić information content (AvgIpc) is 3.60. The lowest BCUT2D eigenvalue weighted by atomic mass is 9.95. The number of rotatable bonds is 4. The normalized spacial score (nSPS) is 15.1. The summed E-state index contributed by atoms with van der Waals surface area (Å²) in [5.41, 5.74) is -0.269. The Morgan fingerprint density at radius 3 is 2.58 bits per heavy atom. The molecule has 212 valence electrons. The number of anilines is 1. The third-order valence-electron chi connectivity index (χ3n) is 6.42. The highest BCUT2D eigenvalue weighted by atomic mass is 19.4. The van der Waals surface area contributed by atoms with Crippen molar-refractivity contribution in [1.29, 1.82) is 0 Å². The third-order valence-corrected chi connectivity index (χ3v) is 6.42. The first kappa shape index (κ1) is 27.1. The number of oxazole rings is 1. The van der Waals surface area contributed by atoms with Gasteiger partial charge in [0.2, 0.25) is 5.91 Å². The van der Waals surface area contributed by atoms with Crippen molar-refractivity contribution < 1.29 is 36.7 Å². The number of amides is 3. The van der Waals surface area contributed by atoms with Crippen LogP contribution in [0.1, 0.15) is 65.6 Å². The Morgan fingerprint density at radius 1 is 1.12 bits per heavy atom. The molecule has 5 heterocycles. The van der Waals surface area contributed by atoms with E-state index in [-0.39, 0.29) is 36.9 Å². The SMILES string of the molecule is CC(C)(C)C(=O)Nc1cc(C(F)(F)F)cnc1COC(=O)N1Cc2nc(C(=O)N3CCc4[nH]nnc4C3)oc2C1. The van der Waals surface area contributed by atoms with E-state index in [0.29, 0.717) is 36.3 Å². The monoisotopic (exact) mass is 562 g/mol. The van der Waals surface area contributed by atoms with Gasteiger partial charge in [-0.3, -0.25) is 24.6 Å². The molecular formula is C24H25F3N8O5.